The van der Waals surface area contributed by atoms with Crippen molar-refractivity contribution in [2.24, 2.45) is 0 Å². The Kier molecular flexibility index (Phi) is 3.42. The first kappa shape index (κ1) is 10.3. The number of methoxy groups -OCH3 is 1. The van der Waals surface area contributed by atoms with Crippen LogP contribution in [0, 0.1) is 0 Å². The number of ether oxygens (including phenoxy) is 3. The predicted octanol–water partition coefficient (Wildman–Crippen LogP) is 1.48. The van der Waals surface area contributed by atoms with Gasteiger partial charge in [0.1, 0.15) is 18.6 Å². The summed E-state index contributed by atoms with van der Waals surface area (Å²) >= 11 is 0. The fourth-order valence-electron chi connectivity index (χ4n) is 1.52. The molecule has 1 aromatic rings. The number of anilines is 1. The van der Waals surface area contributed by atoms with Gasteiger partial charge >= 0.3 is 0 Å². The van der Waals surface area contributed by atoms with Gasteiger partial charge in [-0.1, -0.05) is 12.1 Å². The van der Waals surface area contributed by atoms with Crippen LogP contribution in [-0.2, 0) is 9.47 Å². The van der Waals surface area contributed by atoms with Gasteiger partial charge in [-0.2, -0.15) is 0 Å². The molecule has 0 unspecified atom stereocenters. The highest BCUT2D eigenvalue weighted by Crippen LogP contribution is 2.27. The van der Waals surface area contributed by atoms with Crippen LogP contribution >= 0.6 is 0 Å². The van der Waals surface area contributed by atoms with Crippen molar-refractivity contribution in [3.8, 4) is 5.75 Å². The first-order valence-corrected chi connectivity index (χ1v) is 4.96. The molecule has 82 valence electrons. The first-order valence-electron chi connectivity index (χ1n) is 4.96. The van der Waals surface area contributed by atoms with Crippen molar-refractivity contribution in [1.82, 2.24) is 0 Å². The van der Waals surface area contributed by atoms with Gasteiger partial charge in [0, 0.05) is 7.11 Å². The molecule has 15 heavy (non-hydrogen) atoms. The molecule has 1 atom stereocenters. The van der Waals surface area contributed by atoms with Gasteiger partial charge < -0.3 is 19.5 Å². The average molecular weight is 209 g/mol. The summed E-state index contributed by atoms with van der Waals surface area (Å²) in [4.78, 5) is 0. The fourth-order valence-corrected chi connectivity index (χ4v) is 1.52. The van der Waals surface area contributed by atoms with E-state index in [2.05, 4.69) is 5.32 Å². The first-order chi connectivity index (χ1) is 7.40. The highest BCUT2D eigenvalue weighted by molar-refractivity contribution is 5.57. The minimum atomic E-state index is 0.0510. The molecule has 0 spiro atoms. The second kappa shape index (κ2) is 5.00. The highest BCUT2D eigenvalue weighted by atomic mass is 16.7. The van der Waals surface area contributed by atoms with Crippen molar-refractivity contribution in [1.29, 1.82) is 0 Å². The Balaban J connectivity index is 1.88. The Morgan fingerprint density at radius 3 is 3.20 bits per heavy atom. The number of nitrogens with one attached hydrogen (secondary N) is 1. The molecular formula is C11H15NO3. The van der Waals surface area contributed by atoms with Crippen LogP contribution in [0.1, 0.15) is 0 Å². The van der Waals surface area contributed by atoms with E-state index in [1.54, 1.807) is 7.11 Å². The third-order valence-electron chi connectivity index (χ3n) is 2.21. The van der Waals surface area contributed by atoms with E-state index in [9.17, 15) is 0 Å². The lowest BCUT2D eigenvalue weighted by molar-refractivity contribution is -0.0549. The zero-order valence-electron chi connectivity index (χ0n) is 8.73. The third-order valence-corrected chi connectivity index (χ3v) is 2.21. The van der Waals surface area contributed by atoms with Gasteiger partial charge in [0.05, 0.1) is 18.8 Å². The Bertz CT molecular complexity index is 316. The van der Waals surface area contributed by atoms with Crippen LogP contribution in [0.2, 0.25) is 0 Å². The van der Waals surface area contributed by atoms with Crippen molar-refractivity contribution in [3.05, 3.63) is 24.3 Å². The molecule has 1 aliphatic rings. The van der Waals surface area contributed by atoms with Crippen LogP contribution in [0.5, 0.6) is 5.75 Å². The lowest BCUT2D eigenvalue weighted by Crippen LogP contribution is -2.34. The van der Waals surface area contributed by atoms with Crippen molar-refractivity contribution >= 4 is 5.69 Å². The van der Waals surface area contributed by atoms with Crippen LogP contribution in [0.4, 0.5) is 5.69 Å². The number of rotatable bonds is 4. The van der Waals surface area contributed by atoms with Gasteiger partial charge in [0.2, 0.25) is 0 Å². The van der Waals surface area contributed by atoms with Gasteiger partial charge in [-0.05, 0) is 12.1 Å². The Hall–Kier alpha value is -1.26. The predicted molar refractivity (Wildman–Crippen MR) is 57.2 cm³/mol. The van der Waals surface area contributed by atoms with E-state index in [0.29, 0.717) is 13.4 Å². The summed E-state index contributed by atoms with van der Waals surface area (Å²) in [6, 6.07) is 7.89. The Morgan fingerprint density at radius 1 is 1.47 bits per heavy atom. The molecule has 2 rings (SSSR count). The molecule has 0 radical (unpaired) electrons. The Labute approximate surface area is 89.1 Å². The summed E-state index contributed by atoms with van der Waals surface area (Å²) in [5.74, 6) is 0.884. The smallest absolute Gasteiger partial charge is 0.146 e. The molecule has 1 aromatic carbocycles. The number of hydrogen-bond donors (Lipinski definition) is 1. The molecule has 0 aromatic heterocycles. The molecule has 0 bridgehead atoms. The van der Waals surface area contributed by atoms with Crippen molar-refractivity contribution in [3.63, 3.8) is 0 Å². The van der Waals surface area contributed by atoms with Crippen molar-refractivity contribution in [2.45, 2.75) is 6.10 Å². The van der Waals surface area contributed by atoms with Crippen molar-refractivity contribution < 1.29 is 14.2 Å². The third kappa shape index (κ3) is 2.61. The van der Waals surface area contributed by atoms with Gasteiger partial charge in [-0.15, -0.1) is 0 Å². The van der Waals surface area contributed by atoms with E-state index in [1.807, 2.05) is 24.3 Å². The van der Waals surface area contributed by atoms with Crippen molar-refractivity contribution in [2.75, 3.05) is 32.4 Å². The van der Waals surface area contributed by atoms with Crippen LogP contribution in [0.25, 0.3) is 0 Å². The van der Waals surface area contributed by atoms with E-state index < -0.39 is 0 Å². The van der Waals surface area contributed by atoms with Crippen LogP contribution in [0.15, 0.2) is 24.3 Å². The Morgan fingerprint density at radius 2 is 2.33 bits per heavy atom. The van der Waals surface area contributed by atoms with E-state index in [1.165, 1.54) is 0 Å². The van der Waals surface area contributed by atoms with Crippen LogP contribution in [-0.4, -0.2) is 33.2 Å². The lowest BCUT2D eigenvalue weighted by Gasteiger charge is -2.26. The summed E-state index contributed by atoms with van der Waals surface area (Å²) in [6.45, 7) is 1.61. The summed E-state index contributed by atoms with van der Waals surface area (Å²) in [6.07, 6.45) is 0.0510. The second-order valence-electron chi connectivity index (χ2n) is 3.39. The van der Waals surface area contributed by atoms with Crippen LogP contribution < -0.4 is 10.1 Å². The van der Waals surface area contributed by atoms with Crippen LogP contribution in [0.3, 0.4) is 0 Å². The monoisotopic (exact) mass is 209 g/mol. The molecular weight excluding hydrogens is 194 g/mol. The van der Waals surface area contributed by atoms with E-state index in [-0.39, 0.29) is 6.10 Å². The molecule has 4 nitrogen and oxygen atoms in total. The number of para-hydroxylation sites is 2. The van der Waals surface area contributed by atoms with E-state index in [0.717, 1.165) is 18.0 Å². The minimum Gasteiger partial charge on any atom is -0.484 e. The maximum atomic E-state index is 5.74. The fraction of sp³-hybridized carbons (Fsp3) is 0.455. The molecule has 1 heterocycles. The largest absolute Gasteiger partial charge is 0.484 e. The molecule has 0 fully saturated rings. The van der Waals surface area contributed by atoms with Gasteiger partial charge in [0.25, 0.3) is 0 Å². The quantitative estimate of drug-likeness (QED) is 0.602. The maximum absolute atomic E-state index is 5.74. The lowest BCUT2D eigenvalue weighted by atomic mass is 10.2. The molecule has 4 heteroatoms. The molecule has 0 saturated heterocycles. The number of benzene rings is 1. The van der Waals surface area contributed by atoms with Gasteiger partial charge in [-0.3, -0.25) is 0 Å². The maximum Gasteiger partial charge on any atom is 0.146 e. The second-order valence-corrected chi connectivity index (χ2v) is 3.39. The summed E-state index contributed by atoms with van der Waals surface area (Å²) < 4.78 is 15.8. The van der Waals surface area contributed by atoms with E-state index in [4.69, 9.17) is 14.2 Å². The average Bonchev–Trinajstić information content (AvgIpc) is 2.29. The summed E-state index contributed by atoms with van der Waals surface area (Å²) in [5.41, 5.74) is 1.04. The van der Waals surface area contributed by atoms with E-state index >= 15 is 0 Å². The molecule has 0 aliphatic carbocycles. The summed E-state index contributed by atoms with van der Waals surface area (Å²) in [7, 11) is 1.61. The standard InChI is InChI=1S/C11H15NO3/c1-13-8-14-7-9-6-12-10-4-2-3-5-11(10)15-9/h2-5,9,12H,6-8H2,1H3/t9-/m0/s1. The summed E-state index contributed by atoms with van der Waals surface area (Å²) in [5, 5.41) is 3.29. The molecule has 0 amide bonds. The van der Waals surface area contributed by atoms with Gasteiger partial charge in [-0.25, -0.2) is 0 Å². The number of hydrogen-bond acceptors (Lipinski definition) is 4. The molecule has 0 saturated carbocycles. The normalized spacial score (nSPS) is 18.9. The zero-order valence-corrected chi connectivity index (χ0v) is 8.73. The minimum absolute atomic E-state index is 0.0510. The van der Waals surface area contributed by atoms with Gasteiger partial charge in [0.15, 0.2) is 0 Å². The molecule has 1 N–H and O–H groups in total. The number of fused-ring (bicyclic) bond motifs is 1. The zero-order chi connectivity index (χ0) is 10.5. The SMILES string of the molecule is COCOC[C@@H]1CNc2ccccc2O1. The molecule has 1 aliphatic heterocycles. The highest BCUT2D eigenvalue weighted by Gasteiger charge is 2.18. The topological polar surface area (TPSA) is 39.7 Å².